The van der Waals surface area contributed by atoms with Crippen LogP contribution in [0.15, 0.2) is 31.0 Å². The van der Waals surface area contributed by atoms with Crippen LogP contribution in [-0.2, 0) is 13.6 Å². The highest BCUT2D eigenvalue weighted by Gasteiger charge is 2.10. The summed E-state index contributed by atoms with van der Waals surface area (Å²) in [7, 11) is 1.87. The highest BCUT2D eigenvalue weighted by Crippen LogP contribution is 2.18. The Morgan fingerprint density at radius 3 is 3.00 bits per heavy atom. The lowest BCUT2D eigenvalue weighted by Crippen LogP contribution is -2.22. The van der Waals surface area contributed by atoms with Crippen LogP contribution in [0.25, 0.3) is 11.0 Å². The van der Waals surface area contributed by atoms with Crippen LogP contribution in [0.1, 0.15) is 6.92 Å². The van der Waals surface area contributed by atoms with E-state index in [-0.39, 0.29) is 6.04 Å². The van der Waals surface area contributed by atoms with Gasteiger partial charge in [-0.3, -0.25) is 9.36 Å². The lowest BCUT2D eigenvalue weighted by atomic mass is 10.3. The number of anilines is 1. The van der Waals surface area contributed by atoms with E-state index in [1.165, 1.54) is 0 Å². The Kier molecular flexibility index (Phi) is 2.86. The van der Waals surface area contributed by atoms with E-state index in [1.54, 1.807) is 23.4 Å². The van der Waals surface area contributed by atoms with Crippen molar-refractivity contribution >= 4 is 16.9 Å². The third kappa shape index (κ3) is 2.26. The molecule has 0 saturated carbocycles. The summed E-state index contributed by atoms with van der Waals surface area (Å²) in [6, 6.07) is 2.12. The molecule has 7 nitrogen and oxygen atoms in total. The third-order valence-corrected chi connectivity index (χ3v) is 2.93. The van der Waals surface area contributed by atoms with Crippen LogP contribution in [-0.4, -0.2) is 35.6 Å². The number of nitrogens with zero attached hydrogens (tertiary/aromatic N) is 6. The molecule has 0 aliphatic rings. The third-order valence-electron chi connectivity index (χ3n) is 2.93. The molecule has 1 atom stereocenters. The fourth-order valence-corrected chi connectivity index (χ4v) is 2.05. The molecule has 3 rings (SSSR count). The minimum atomic E-state index is 0.207. The van der Waals surface area contributed by atoms with Gasteiger partial charge in [-0.05, 0) is 13.0 Å². The number of nitrogens with one attached hydrogen (secondary N) is 1. The largest absolute Gasteiger partial charge is 0.365 e. The second kappa shape index (κ2) is 4.68. The van der Waals surface area contributed by atoms with Crippen LogP contribution in [0, 0.1) is 0 Å². The van der Waals surface area contributed by atoms with Crippen LogP contribution in [0.4, 0.5) is 5.82 Å². The number of fused-ring (bicyclic) bond motifs is 1. The van der Waals surface area contributed by atoms with Gasteiger partial charge in [0.1, 0.15) is 12.1 Å². The molecule has 0 bridgehead atoms. The Labute approximate surface area is 110 Å². The Morgan fingerprint density at radius 2 is 2.21 bits per heavy atom. The van der Waals surface area contributed by atoms with Gasteiger partial charge in [0, 0.05) is 25.5 Å². The first-order valence-corrected chi connectivity index (χ1v) is 6.10. The molecule has 19 heavy (non-hydrogen) atoms. The van der Waals surface area contributed by atoms with Crippen molar-refractivity contribution in [3.05, 3.63) is 31.0 Å². The first kappa shape index (κ1) is 11.6. The molecule has 1 unspecified atom stereocenters. The quantitative estimate of drug-likeness (QED) is 0.756. The van der Waals surface area contributed by atoms with Crippen LogP contribution >= 0.6 is 0 Å². The van der Waals surface area contributed by atoms with Gasteiger partial charge in [-0.25, -0.2) is 9.97 Å². The van der Waals surface area contributed by atoms with Crippen molar-refractivity contribution < 1.29 is 0 Å². The number of hydrogen-bond donors (Lipinski definition) is 1. The molecule has 0 aliphatic carbocycles. The summed E-state index contributed by atoms with van der Waals surface area (Å²) in [5, 5.41) is 12.7. The zero-order valence-electron chi connectivity index (χ0n) is 10.9. The molecule has 7 heteroatoms. The van der Waals surface area contributed by atoms with Crippen molar-refractivity contribution in [1.29, 1.82) is 0 Å². The van der Waals surface area contributed by atoms with Crippen molar-refractivity contribution in [3.63, 3.8) is 0 Å². The summed E-state index contributed by atoms with van der Waals surface area (Å²) in [6.45, 7) is 2.87. The molecule has 0 aliphatic heterocycles. The van der Waals surface area contributed by atoms with E-state index in [0.717, 1.165) is 23.4 Å². The van der Waals surface area contributed by atoms with Crippen molar-refractivity contribution in [3.8, 4) is 0 Å². The van der Waals surface area contributed by atoms with Gasteiger partial charge in [0.25, 0.3) is 0 Å². The lowest BCUT2D eigenvalue weighted by Gasteiger charge is -2.14. The second-order valence-corrected chi connectivity index (χ2v) is 4.50. The van der Waals surface area contributed by atoms with Crippen LogP contribution in [0.5, 0.6) is 0 Å². The zero-order valence-corrected chi connectivity index (χ0v) is 10.9. The first-order chi connectivity index (χ1) is 9.24. The molecule has 0 radical (unpaired) electrons. The zero-order chi connectivity index (χ0) is 13.2. The number of hydrogen-bond acceptors (Lipinski definition) is 5. The number of aromatic nitrogens is 6. The Morgan fingerprint density at radius 1 is 1.32 bits per heavy atom. The molecular formula is C12H15N7. The van der Waals surface area contributed by atoms with E-state index in [9.17, 15) is 0 Å². The van der Waals surface area contributed by atoms with Crippen molar-refractivity contribution in [2.75, 3.05) is 5.32 Å². The summed E-state index contributed by atoms with van der Waals surface area (Å²) in [5.41, 5.74) is 0.823. The van der Waals surface area contributed by atoms with Crippen molar-refractivity contribution in [2.45, 2.75) is 19.5 Å². The smallest absolute Gasteiger partial charge is 0.163 e. The molecule has 3 aromatic heterocycles. The average Bonchev–Trinajstić information content (AvgIpc) is 3.01. The molecule has 0 saturated heterocycles. The minimum Gasteiger partial charge on any atom is -0.365 e. The van der Waals surface area contributed by atoms with E-state index in [4.69, 9.17) is 0 Å². The highest BCUT2D eigenvalue weighted by molar-refractivity contribution is 5.86. The normalized spacial score (nSPS) is 12.7. The van der Waals surface area contributed by atoms with Gasteiger partial charge in [0.15, 0.2) is 5.65 Å². The predicted molar refractivity (Wildman–Crippen MR) is 71.6 cm³/mol. The highest BCUT2D eigenvalue weighted by atomic mass is 15.3. The fraction of sp³-hybridized carbons (Fsp3) is 0.333. The molecule has 0 amide bonds. The van der Waals surface area contributed by atoms with Gasteiger partial charge in [-0.1, -0.05) is 0 Å². The molecule has 0 aromatic carbocycles. The molecular weight excluding hydrogens is 242 g/mol. The molecule has 3 heterocycles. The number of aryl methyl sites for hydroxylation is 1. The summed E-state index contributed by atoms with van der Waals surface area (Å²) < 4.78 is 3.62. The van der Waals surface area contributed by atoms with Gasteiger partial charge >= 0.3 is 0 Å². The summed E-state index contributed by atoms with van der Waals surface area (Å²) in [6.07, 6.45) is 7.04. The van der Waals surface area contributed by atoms with E-state index in [0.29, 0.717) is 0 Å². The Balaban J connectivity index is 1.81. The first-order valence-electron chi connectivity index (χ1n) is 6.10. The van der Waals surface area contributed by atoms with E-state index in [1.807, 2.05) is 24.0 Å². The summed E-state index contributed by atoms with van der Waals surface area (Å²) in [4.78, 5) is 8.50. The van der Waals surface area contributed by atoms with E-state index >= 15 is 0 Å². The Bertz CT molecular complexity index is 671. The van der Waals surface area contributed by atoms with Gasteiger partial charge in [-0.15, -0.1) is 0 Å². The molecule has 0 fully saturated rings. The predicted octanol–water partition coefficient (Wildman–Crippen LogP) is 1.06. The van der Waals surface area contributed by atoms with E-state index in [2.05, 4.69) is 32.4 Å². The topological polar surface area (TPSA) is 73.5 Å². The maximum atomic E-state index is 4.28. The molecule has 0 spiro atoms. The maximum absolute atomic E-state index is 4.28. The van der Waals surface area contributed by atoms with Crippen LogP contribution in [0.2, 0.25) is 0 Å². The molecule has 1 N–H and O–H groups in total. The molecule has 98 valence electrons. The second-order valence-electron chi connectivity index (χ2n) is 4.50. The maximum Gasteiger partial charge on any atom is 0.163 e. The summed E-state index contributed by atoms with van der Waals surface area (Å²) >= 11 is 0. The molecule has 3 aromatic rings. The monoisotopic (exact) mass is 257 g/mol. The lowest BCUT2D eigenvalue weighted by molar-refractivity contribution is 0.560. The Hall–Kier alpha value is -2.44. The van der Waals surface area contributed by atoms with Crippen LogP contribution in [0.3, 0.4) is 0 Å². The van der Waals surface area contributed by atoms with E-state index < -0.39 is 0 Å². The summed E-state index contributed by atoms with van der Waals surface area (Å²) in [5.74, 6) is 0.803. The van der Waals surface area contributed by atoms with Gasteiger partial charge in [-0.2, -0.15) is 10.2 Å². The standard InChI is InChI=1S/C12H15N7/c1-9(7-19-5-3-4-15-19)17-11-10-6-16-18(2)12(10)14-8-13-11/h3-6,8-9H,7H2,1-2H3,(H,13,14,17). The average molecular weight is 257 g/mol. The van der Waals surface area contributed by atoms with Crippen LogP contribution < -0.4 is 5.32 Å². The minimum absolute atomic E-state index is 0.207. The SMILES string of the molecule is CC(Cn1cccn1)Nc1ncnc2c1cnn2C. The fourth-order valence-electron chi connectivity index (χ4n) is 2.05. The van der Waals surface area contributed by atoms with Gasteiger partial charge in [0.05, 0.1) is 18.1 Å². The number of rotatable bonds is 4. The van der Waals surface area contributed by atoms with Gasteiger partial charge in [0.2, 0.25) is 0 Å². The van der Waals surface area contributed by atoms with Gasteiger partial charge < -0.3 is 5.32 Å². The van der Waals surface area contributed by atoms with Crippen molar-refractivity contribution in [2.24, 2.45) is 7.05 Å². The van der Waals surface area contributed by atoms with Crippen molar-refractivity contribution in [1.82, 2.24) is 29.5 Å².